The second-order valence-corrected chi connectivity index (χ2v) is 5.48. The van der Waals surface area contributed by atoms with Crippen molar-refractivity contribution in [2.75, 3.05) is 11.9 Å². The van der Waals surface area contributed by atoms with Crippen molar-refractivity contribution in [3.8, 4) is 0 Å². The summed E-state index contributed by atoms with van der Waals surface area (Å²) >= 11 is 0. The van der Waals surface area contributed by atoms with Crippen LogP contribution in [0.3, 0.4) is 0 Å². The molecule has 5 heteroatoms. The highest BCUT2D eigenvalue weighted by Crippen LogP contribution is 2.17. The molecule has 0 spiro atoms. The fraction of sp³-hybridized carbons (Fsp3) is 0.263. The predicted octanol–water partition coefficient (Wildman–Crippen LogP) is 2.80. The van der Waals surface area contributed by atoms with Gasteiger partial charge in [0.25, 0.3) is 0 Å². The molecule has 0 aliphatic rings. The molecule has 5 nitrogen and oxygen atoms in total. The number of amides is 1. The van der Waals surface area contributed by atoms with Crippen molar-refractivity contribution in [1.29, 1.82) is 0 Å². The van der Waals surface area contributed by atoms with Gasteiger partial charge in [-0.15, -0.1) is 0 Å². The van der Waals surface area contributed by atoms with E-state index in [4.69, 9.17) is 0 Å². The average molecular weight is 324 g/mol. The number of nitrogens with one attached hydrogen (secondary N) is 3. The lowest BCUT2D eigenvalue weighted by Crippen LogP contribution is -2.31. The van der Waals surface area contributed by atoms with Crippen molar-refractivity contribution < 1.29 is 4.79 Å². The zero-order valence-electron chi connectivity index (χ0n) is 14.0. The summed E-state index contributed by atoms with van der Waals surface area (Å²) in [5, 5.41) is 2.75. The lowest BCUT2D eigenvalue weighted by Gasteiger charge is -2.10. The Morgan fingerprint density at radius 1 is 1.17 bits per heavy atom. The topological polar surface area (TPSA) is 66.0 Å². The van der Waals surface area contributed by atoms with E-state index in [1.54, 1.807) is 6.20 Å². The lowest BCUT2D eigenvalue weighted by molar-refractivity contribution is -0.111. The van der Waals surface area contributed by atoms with Crippen LogP contribution in [0.5, 0.6) is 0 Å². The monoisotopic (exact) mass is 324 g/mol. The standard InChI is InChI=1S/C19H24N4O/c1-3-11-21-22-14-16-9-7-15(8-10-16)13-17-6-5-12-20-19(17)23-18(24)4-2/h4-10,12,21-22H,2-3,11,13-14H2,1H3,(H,20,23,24). The maximum atomic E-state index is 11.5. The first-order valence-electron chi connectivity index (χ1n) is 8.13. The van der Waals surface area contributed by atoms with E-state index in [1.165, 1.54) is 17.2 Å². The molecular weight excluding hydrogens is 300 g/mol. The van der Waals surface area contributed by atoms with Gasteiger partial charge in [0.2, 0.25) is 5.91 Å². The van der Waals surface area contributed by atoms with Gasteiger partial charge < -0.3 is 5.32 Å². The molecule has 1 aromatic carbocycles. The Labute approximate surface area is 143 Å². The molecule has 3 N–H and O–H groups in total. The van der Waals surface area contributed by atoms with Gasteiger partial charge in [-0.05, 0) is 35.3 Å². The van der Waals surface area contributed by atoms with Crippen LogP contribution in [0.15, 0.2) is 55.3 Å². The molecule has 24 heavy (non-hydrogen) atoms. The van der Waals surface area contributed by atoms with E-state index in [0.717, 1.165) is 25.1 Å². The minimum absolute atomic E-state index is 0.254. The zero-order valence-corrected chi connectivity index (χ0v) is 14.0. The quantitative estimate of drug-likeness (QED) is 0.377. The van der Waals surface area contributed by atoms with Crippen molar-refractivity contribution in [1.82, 2.24) is 15.8 Å². The number of carbonyl (C=O) groups excluding carboxylic acids is 1. The van der Waals surface area contributed by atoms with Gasteiger partial charge in [-0.25, -0.2) is 4.98 Å². The molecule has 1 heterocycles. The Bertz CT molecular complexity index is 667. The van der Waals surface area contributed by atoms with Gasteiger partial charge in [0.15, 0.2) is 0 Å². The number of carbonyl (C=O) groups is 1. The third kappa shape index (κ3) is 5.61. The van der Waals surface area contributed by atoms with Crippen molar-refractivity contribution in [2.24, 2.45) is 0 Å². The fourth-order valence-electron chi connectivity index (χ4n) is 2.23. The highest BCUT2D eigenvalue weighted by Gasteiger charge is 2.06. The van der Waals surface area contributed by atoms with Crippen LogP contribution < -0.4 is 16.2 Å². The summed E-state index contributed by atoms with van der Waals surface area (Å²) in [6.45, 7) is 7.34. The molecule has 0 radical (unpaired) electrons. The van der Waals surface area contributed by atoms with Crippen LogP contribution in [0.4, 0.5) is 5.82 Å². The second kappa shape index (κ2) is 9.60. The highest BCUT2D eigenvalue weighted by molar-refractivity contribution is 5.98. The van der Waals surface area contributed by atoms with E-state index < -0.39 is 0 Å². The number of nitrogens with zero attached hydrogens (tertiary/aromatic N) is 1. The lowest BCUT2D eigenvalue weighted by atomic mass is 10.0. The summed E-state index contributed by atoms with van der Waals surface area (Å²) in [4.78, 5) is 15.7. The highest BCUT2D eigenvalue weighted by atomic mass is 16.1. The Balaban J connectivity index is 1.98. The Morgan fingerprint density at radius 3 is 2.62 bits per heavy atom. The summed E-state index contributed by atoms with van der Waals surface area (Å²) in [5.41, 5.74) is 9.72. The van der Waals surface area contributed by atoms with Crippen LogP contribution >= 0.6 is 0 Å². The van der Waals surface area contributed by atoms with Crippen molar-refractivity contribution >= 4 is 11.7 Å². The van der Waals surface area contributed by atoms with Crippen molar-refractivity contribution in [3.63, 3.8) is 0 Å². The molecule has 0 saturated carbocycles. The van der Waals surface area contributed by atoms with Gasteiger partial charge in [0.1, 0.15) is 5.82 Å². The van der Waals surface area contributed by atoms with Gasteiger partial charge in [-0.3, -0.25) is 15.6 Å². The average Bonchev–Trinajstić information content (AvgIpc) is 2.61. The van der Waals surface area contributed by atoms with Crippen LogP contribution in [0, 0.1) is 0 Å². The van der Waals surface area contributed by atoms with Crippen LogP contribution in [-0.4, -0.2) is 17.4 Å². The number of hydrogen-bond donors (Lipinski definition) is 3. The first kappa shape index (κ1) is 17.8. The van der Waals surface area contributed by atoms with E-state index >= 15 is 0 Å². The maximum Gasteiger partial charge on any atom is 0.248 e. The van der Waals surface area contributed by atoms with E-state index in [-0.39, 0.29) is 5.91 Å². The summed E-state index contributed by atoms with van der Waals surface area (Å²) in [6, 6.07) is 12.3. The van der Waals surface area contributed by atoms with Crippen LogP contribution in [-0.2, 0) is 17.8 Å². The first-order chi connectivity index (χ1) is 11.7. The largest absolute Gasteiger partial charge is 0.307 e. The summed E-state index contributed by atoms with van der Waals surface area (Å²) < 4.78 is 0. The molecule has 0 atom stereocenters. The Hall–Kier alpha value is -2.50. The Morgan fingerprint density at radius 2 is 1.92 bits per heavy atom. The molecule has 0 fully saturated rings. The molecule has 1 aromatic heterocycles. The zero-order chi connectivity index (χ0) is 17.2. The van der Waals surface area contributed by atoms with Crippen LogP contribution in [0.2, 0.25) is 0 Å². The third-order valence-corrected chi connectivity index (χ3v) is 3.53. The van der Waals surface area contributed by atoms with E-state index in [0.29, 0.717) is 12.2 Å². The van der Waals surface area contributed by atoms with E-state index in [2.05, 4.69) is 58.9 Å². The first-order valence-corrected chi connectivity index (χ1v) is 8.13. The predicted molar refractivity (Wildman–Crippen MR) is 97.4 cm³/mol. The normalized spacial score (nSPS) is 10.4. The Kier molecular flexibility index (Phi) is 7.14. The third-order valence-electron chi connectivity index (χ3n) is 3.53. The van der Waals surface area contributed by atoms with Crippen molar-refractivity contribution in [2.45, 2.75) is 26.3 Å². The van der Waals surface area contributed by atoms with E-state index in [9.17, 15) is 4.79 Å². The van der Waals surface area contributed by atoms with Gasteiger partial charge in [-0.2, -0.15) is 0 Å². The smallest absolute Gasteiger partial charge is 0.248 e. The van der Waals surface area contributed by atoms with Crippen LogP contribution in [0.1, 0.15) is 30.0 Å². The summed E-state index contributed by atoms with van der Waals surface area (Å²) in [6.07, 6.45) is 4.72. The molecule has 0 unspecified atom stereocenters. The number of anilines is 1. The van der Waals surface area contributed by atoms with Crippen molar-refractivity contribution in [3.05, 3.63) is 71.9 Å². The molecule has 126 valence electrons. The second-order valence-electron chi connectivity index (χ2n) is 5.48. The summed E-state index contributed by atoms with van der Waals surface area (Å²) in [5.74, 6) is 0.327. The fourth-order valence-corrected chi connectivity index (χ4v) is 2.23. The molecule has 2 aromatic rings. The molecule has 0 saturated heterocycles. The van der Waals surface area contributed by atoms with Gasteiger partial charge in [-0.1, -0.05) is 43.8 Å². The molecule has 0 aliphatic carbocycles. The molecular formula is C19H24N4O. The van der Waals surface area contributed by atoms with Gasteiger partial charge in [0.05, 0.1) is 0 Å². The number of hydrazine groups is 1. The maximum absolute atomic E-state index is 11.5. The van der Waals surface area contributed by atoms with E-state index in [1.807, 2.05) is 12.1 Å². The molecule has 0 aliphatic heterocycles. The van der Waals surface area contributed by atoms with Crippen LogP contribution in [0.25, 0.3) is 0 Å². The molecule has 1 amide bonds. The molecule has 2 rings (SSSR count). The minimum atomic E-state index is -0.254. The number of hydrogen-bond acceptors (Lipinski definition) is 4. The summed E-state index contributed by atoms with van der Waals surface area (Å²) in [7, 11) is 0. The van der Waals surface area contributed by atoms with Gasteiger partial charge >= 0.3 is 0 Å². The number of pyridine rings is 1. The SMILES string of the molecule is C=CC(=O)Nc1ncccc1Cc1ccc(CNNCCC)cc1. The number of benzene rings is 1. The molecule has 0 bridgehead atoms. The number of rotatable bonds is 9. The van der Waals surface area contributed by atoms with Gasteiger partial charge in [0, 0.05) is 25.7 Å². The number of aromatic nitrogens is 1. The minimum Gasteiger partial charge on any atom is -0.307 e.